The SMILES string of the molecule is CC=CC[C@]1(C)C[C@@H](OC(=O)NC(=O)[C@H]2CN(C)CC[C@@H]2C)[C@@]2(C)C3C(=O)CCC3(CC[C@H]2C)[C@@H](C)[C@@H]1O. The molecular weight excluding hydrogens is 480 g/mol. The fourth-order valence-electron chi connectivity index (χ4n) is 8.87. The Hall–Kier alpha value is -1.73. The zero-order chi connectivity index (χ0) is 28.0. The van der Waals surface area contributed by atoms with Crippen LogP contribution in [-0.2, 0) is 14.3 Å². The summed E-state index contributed by atoms with van der Waals surface area (Å²) in [6, 6.07) is 0. The highest BCUT2D eigenvalue weighted by Crippen LogP contribution is 2.68. The minimum atomic E-state index is -0.730. The number of carbonyl (C=O) groups is 3. The predicted octanol–water partition coefficient (Wildman–Crippen LogP) is 4.97. The Morgan fingerprint density at radius 1 is 1.18 bits per heavy atom. The van der Waals surface area contributed by atoms with Crippen molar-refractivity contribution < 1.29 is 24.2 Å². The molecule has 38 heavy (non-hydrogen) atoms. The van der Waals surface area contributed by atoms with Crippen molar-refractivity contribution >= 4 is 17.8 Å². The van der Waals surface area contributed by atoms with Crippen molar-refractivity contribution in [1.82, 2.24) is 10.2 Å². The van der Waals surface area contributed by atoms with E-state index in [-0.39, 0.29) is 46.7 Å². The summed E-state index contributed by atoms with van der Waals surface area (Å²) in [5.74, 6) is -0.283. The minimum Gasteiger partial charge on any atom is -0.445 e. The van der Waals surface area contributed by atoms with Crippen LogP contribution >= 0.6 is 0 Å². The number of hydrogen-bond acceptors (Lipinski definition) is 6. The van der Waals surface area contributed by atoms with Crippen molar-refractivity contribution in [3.63, 3.8) is 0 Å². The van der Waals surface area contributed by atoms with Gasteiger partial charge in [-0.2, -0.15) is 0 Å². The van der Waals surface area contributed by atoms with Gasteiger partial charge >= 0.3 is 6.09 Å². The number of ketones is 1. The molecule has 0 aromatic heterocycles. The molecule has 0 radical (unpaired) electrons. The summed E-state index contributed by atoms with van der Waals surface area (Å²) >= 11 is 0. The summed E-state index contributed by atoms with van der Waals surface area (Å²) < 4.78 is 6.25. The van der Waals surface area contributed by atoms with Gasteiger partial charge in [0.1, 0.15) is 11.9 Å². The maximum absolute atomic E-state index is 13.6. The van der Waals surface area contributed by atoms with E-state index in [9.17, 15) is 19.5 Å². The molecule has 2 bridgehead atoms. The third kappa shape index (κ3) is 4.76. The summed E-state index contributed by atoms with van der Waals surface area (Å²) in [7, 11) is 1.99. The van der Waals surface area contributed by atoms with Gasteiger partial charge in [0.25, 0.3) is 0 Å². The third-order valence-corrected chi connectivity index (χ3v) is 11.7. The molecule has 1 aliphatic heterocycles. The Bertz CT molecular complexity index is 966. The highest BCUT2D eigenvalue weighted by molar-refractivity contribution is 5.93. The van der Waals surface area contributed by atoms with Crippen LogP contribution < -0.4 is 5.32 Å². The molecule has 0 aromatic rings. The fourth-order valence-corrected chi connectivity index (χ4v) is 8.87. The minimum absolute atomic E-state index is 0.0397. The number of imide groups is 1. The average Bonchev–Trinajstić information content (AvgIpc) is 3.22. The van der Waals surface area contributed by atoms with Crippen molar-refractivity contribution in [2.24, 2.45) is 45.8 Å². The van der Waals surface area contributed by atoms with Crippen molar-refractivity contribution in [1.29, 1.82) is 0 Å². The Labute approximate surface area is 229 Å². The number of likely N-dealkylation sites (tertiary alicyclic amines) is 1. The van der Waals surface area contributed by atoms with Gasteiger partial charge in [-0.1, -0.05) is 46.8 Å². The van der Waals surface area contributed by atoms with Crippen molar-refractivity contribution in [2.75, 3.05) is 20.1 Å². The van der Waals surface area contributed by atoms with Crippen molar-refractivity contribution in [2.45, 2.75) is 98.7 Å². The van der Waals surface area contributed by atoms with Crippen LogP contribution in [0.25, 0.3) is 0 Å². The van der Waals surface area contributed by atoms with E-state index in [1.54, 1.807) is 0 Å². The molecule has 2 amide bonds. The first-order chi connectivity index (χ1) is 17.8. The number of Topliss-reactive ketones (excluding diaryl/α,β-unsaturated/α-hetero) is 1. The lowest BCUT2D eigenvalue weighted by molar-refractivity contribution is -0.197. The van der Waals surface area contributed by atoms with E-state index in [0.717, 1.165) is 32.2 Å². The normalized spacial score (nSPS) is 45.8. The first kappa shape index (κ1) is 29.3. The van der Waals surface area contributed by atoms with Crippen LogP contribution in [0.4, 0.5) is 4.79 Å². The first-order valence-electron chi connectivity index (χ1n) is 14.8. The van der Waals surface area contributed by atoms with E-state index in [0.29, 0.717) is 25.8 Å². The zero-order valence-electron chi connectivity index (χ0n) is 24.6. The monoisotopic (exact) mass is 530 g/mol. The fraction of sp³-hybridized carbons (Fsp3) is 0.839. The van der Waals surface area contributed by atoms with Gasteiger partial charge in [0, 0.05) is 29.7 Å². The van der Waals surface area contributed by atoms with E-state index < -0.39 is 29.1 Å². The Kier molecular flexibility index (Phi) is 8.22. The number of piperidine rings is 1. The number of rotatable bonds is 4. The summed E-state index contributed by atoms with van der Waals surface area (Å²) in [4.78, 5) is 42.2. The lowest BCUT2D eigenvalue weighted by atomic mass is 9.43. The topological polar surface area (TPSA) is 95.9 Å². The lowest BCUT2D eigenvalue weighted by Crippen LogP contribution is -2.63. The number of aliphatic hydroxyl groups is 1. The second-order valence-corrected chi connectivity index (χ2v) is 13.8. The van der Waals surface area contributed by atoms with Gasteiger partial charge < -0.3 is 14.7 Å². The number of nitrogens with zero attached hydrogens (tertiary/aromatic N) is 1. The smallest absolute Gasteiger partial charge is 0.414 e. The van der Waals surface area contributed by atoms with Crippen molar-refractivity contribution in [3.8, 4) is 0 Å². The zero-order valence-corrected chi connectivity index (χ0v) is 24.6. The van der Waals surface area contributed by atoms with Crippen LogP contribution in [0.5, 0.6) is 0 Å². The van der Waals surface area contributed by atoms with Gasteiger partial charge in [-0.25, -0.2) is 4.79 Å². The number of alkyl carbamates (subject to hydrolysis) is 1. The second-order valence-electron chi connectivity index (χ2n) is 13.8. The number of allylic oxidation sites excluding steroid dienone is 2. The van der Waals surface area contributed by atoms with Crippen LogP contribution in [0.2, 0.25) is 0 Å². The van der Waals surface area contributed by atoms with Crippen LogP contribution in [0, 0.1) is 45.8 Å². The van der Waals surface area contributed by atoms with Gasteiger partial charge in [0.15, 0.2) is 0 Å². The molecule has 4 rings (SSSR count). The molecular formula is C31H50N2O5. The molecule has 1 heterocycles. The largest absolute Gasteiger partial charge is 0.445 e. The quantitative estimate of drug-likeness (QED) is 0.498. The lowest BCUT2D eigenvalue weighted by Gasteiger charge is -2.62. The number of ether oxygens (including phenoxy) is 1. The van der Waals surface area contributed by atoms with Gasteiger partial charge in [-0.3, -0.25) is 14.9 Å². The van der Waals surface area contributed by atoms with Gasteiger partial charge in [0.05, 0.1) is 12.0 Å². The molecule has 4 fully saturated rings. The summed E-state index contributed by atoms with van der Waals surface area (Å²) in [5.41, 5.74) is -1.41. The molecule has 2 unspecified atom stereocenters. The van der Waals surface area contributed by atoms with Crippen LogP contribution in [0.1, 0.15) is 86.5 Å². The molecule has 214 valence electrons. The van der Waals surface area contributed by atoms with E-state index in [1.807, 2.05) is 20.0 Å². The predicted molar refractivity (Wildman–Crippen MR) is 147 cm³/mol. The standard InChI is InChI=1S/C31H50N2O5/c1-8-9-13-29(5)17-24(38-28(37)32-27(36)22-18-33(7)16-12-19(22)2)30(6)20(3)10-14-31(21(4)26(29)35)15-11-23(34)25(30)31/h8-9,19-22,24-26,35H,10-18H2,1-7H3,(H,32,36,37)/t19-,20+,21-,22-,24+,25?,26-,29+,30-,31?/m0/s1. The summed E-state index contributed by atoms with van der Waals surface area (Å²) in [6.45, 7) is 14.1. The van der Waals surface area contributed by atoms with E-state index >= 15 is 0 Å². The van der Waals surface area contributed by atoms with Crippen molar-refractivity contribution in [3.05, 3.63) is 12.2 Å². The van der Waals surface area contributed by atoms with E-state index in [1.165, 1.54) is 0 Å². The molecule has 3 aliphatic carbocycles. The number of aliphatic hydroxyl groups excluding tert-OH is 1. The van der Waals surface area contributed by atoms with Crippen LogP contribution in [0.3, 0.4) is 0 Å². The van der Waals surface area contributed by atoms with Crippen LogP contribution in [-0.4, -0.2) is 60.1 Å². The molecule has 1 saturated heterocycles. The molecule has 4 aliphatic rings. The average molecular weight is 531 g/mol. The van der Waals surface area contributed by atoms with Gasteiger partial charge in [-0.05, 0) is 82.2 Å². The molecule has 0 spiro atoms. The Balaban J connectivity index is 1.68. The maximum atomic E-state index is 13.6. The maximum Gasteiger partial charge on any atom is 0.414 e. The van der Waals surface area contributed by atoms with E-state index in [4.69, 9.17) is 4.74 Å². The van der Waals surface area contributed by atoms with Gasteiger partial charge in [0.2, 0.25) is 5.91 Å². The number of carbonyl (C=O) groups excluding carboxylic acids is 3. The molecule has 0 aromatic carbocycles. The van der Waals surface area contributed by atoms with E-state index in [2.05, 4.69) is 50.9 Å². The highest BCUT2D eigenvalue weighted by Gasteiger charge is 2.68. The third-order valence-electron chi connectivity index (χ3n) is 11.7. The number of amides is 2. The number of hydrogen-bond donors (Lipinski definition) is 2. The Morgan fingerprint density at radius 3 is 2.58 bits per heavy atom. The van der Waals surface area contributed by atoms with Crippen LogP contribution in [0.15, 0.2) is 12.2 Å². The second kappa shape index (κ2) is 10.7. The summed E-state index contributed by atoms with van der Waals surface area (Å²) in [5, 5.41) is 14.4. The first-order valence-corrected chi connectivity index (χ1v) is 14.8. The number of nitrogens with one attached hydrogen (secondary N) is 1. The molecule has 7 heteroatoms. The molecule has 2 N–H and O–H groups in total. The summed E-state index contributed by atoms with van der Waals surface area (Å²) in [6.07, 6.45) is 7.24. The molecule has 7 nitrogen and oxygen atoms in total. The highest BCUT2D eigenvalue weighted by atomic mass is 16.6. The van der Waals surface area contributed by atoms with Gasteiger partial charge in [-0.15, -0.1) is 0 Å². The molecule has 3 saturated carbocycles. The Morgan fingerprint density at radius 2 is 1.89 bits per heavy atom. The molecule has 10 atom stereocenters.